The maximum Gasteiger partial charge on any atom is 0.238 e. The maximum absolute atomic E-state index is 12.3. The van der Waals surface area contributed by atoms with Gasteiger partial charge in [0.05, 0.1) is 4.90 Å². The molecule has 72 valence electrons. The van der Waals surface area contributed by atoms with E-state index >= 15 is 0 Å². The van der Waals surface area contributed by atoms with Crippen LogP contribution in [0, 0.1) is 0 Å². The van der Waals surface area contributed by atoms with E-state index in [0.29, 0.717) is 5.69 Å². The molecular weight excluding hydrogens is 195 g/mol. The topological polar surface area (TPSA) is 86.2 Å². The summed E-state index contributed by atoms with van der Waals surface area (Å²) >= 11 is 0. The van der Waals surface area contributed by atoms with E-state index in [1.54, 1.807) is 0 Å². The standard InChI is InChI=1S/C7H9FN2O2S/c8-4-5-3-6(9)1-2-7(5)13(10,11)12/h1-3H,4,9H2,(H2,10,11,12). The largest absolute Gasteiger partial charge is 0.399 e. The molecule has 0 amide bonds. The summed E-state index contributed by atoms with van der Waals surface area (Å²) < 4.78 is 34.1. The Hall–Kier alpha value is -1.14. The minimum Gasteiger partial charge on any atom is -0.399 e. The van der Waals surface area contributed by atoms with Crippen molar-refractivity contribution in [1.82, 2.24) is 0 Å². The fraction of sp³-hybridized carbons (Fsp3) is 0.143. The fourth-order valence-electron chi connectivity index (χ4n) is 0.981. The van der Waals surface area contributed by atoms with Crippen LogP contribution in [0.5, 0.6) is 0 Å². The number of hydrogen-bond donors (Lipinski definition) is 2. The number of nitrogens with two attached hydrogens (primary N) is 2. The van der Waals surface area contributed by atoms with Crippen LogP contribution in [-0.2, 0) is 16.7 Å². The van der Waals surface area contributed by atoms with Crippen molar-refractivity contribution in [3.05, 3.63) is 23.8 Å². The van der Waals surface area contributed by atoms with Crippen molar-refractivity contribution in [2.24, 2.45) is 5.14 Å². The van der Waals surface area contributed by atoms with E-state index in [0.717, 1.165) is 0 Å². The van der Waals surface area contributed by atoms with Crippen molar-refractivity contribution in [2.75, 3.05) is 5.73 Å². The highest BCUT2D eigenvalue weighted by molar-refractivity contribution is 7.89. The van der Waals surface area contributed by atoms with E-state index in [4.69, 9.17) is 10.9 Å². The van der Waals surface area contributed by atoms with E-state index in [1.807, 2.05) is 0 Å². The minimum atomic E-state index is -3.86. The number of halogens is 1. The summed E-state index contributed by atoms with van der Waals surface area (Å²) in [5, 5.41) is 4.85. The summed E-state index contributed by atoms with van der Waals surface area (Å²) in [6.45, 7) is -0.906. The second-order valence-corrected chi connectivity index (χ2v) is 4.08. The molecule has 0 saturated heterocycles. The van der Waals surface area contributed by atoms with Gasteiger partial charge in [-0.05, 0) is 18.2 Å². The van der Waals surface area contributed by atoms with Crippen LogP contribution in [0.15, 0.2) is 23.1 Å². The molecule has 0 saturated carbocycles. The van der Waals surface area contributed by atoms with Crippen LogP contribution in [0.1, 0.15) is 5.56 Å². The number of hydrogen-bond acceptors (Lipinski definition) is 3. The van der Waals surface area contributed by atoms with E-state index in [-0.39, 0.29) is 10.5 Å². The molecule has 1 aromatic carbocycles. The van der Waals surface area contributed by atoms with Gasteiger partial charge in [-0.3, -0.25) is 0 Å². The Morgan fingerprint density at radius 3 is 2.46 bits per heavy atom. The molecule has 0 aliphatic rings. The molecule has 0 spiro atoms. The SMILES string of the molecule is Nc1ccc(S(N)(=O)=O)c(CF)c1. The molecule has 4 N–H and O–H groups in total. The van der Waals surface area contributed by atoms with Gasteiger partial charge in [-0.2, -0.15) is 0 Å². The lowest BCUT2D eigenvalue weighted by atomic mass is 10.2. The highest BCUT2D eigenvalue weighted by Crippen LogP contribution is 2.18. The van der Waals surface area contributed by atoms with Gasteiger partial charge >= 0.3 is 0 Å². The number of alkyl halides is 1. The lowest BCUT2D eigenvalue weighted by Gasteiger charge is -2.04. The highest BCUT2D eigenvalue weighted by Gasteiger charge is 2.13. The molecule has 0 atom stereocenters. The number of primary sulfonamides is 1. The van der Waals surface area contributed by atoms with Crippen molar-refractivity contribution in [3.63, 3.8) is 0 Å². The third kappa shape index (κ3) is 2.16. The van der Waals surface area contributed by atoms with Crippen molar-refractivity contribution < 1.29 is 12.8 Å². The third-order valence-electron chi connectivity index (χ3n) is 1.54. The Kier molecular flexibility index (Phi) is 2.53. The maximum atomic E-state index is 12.3. The summed E-state index contributed by atoms with van der Waals surface area (Å²) in [4.78, 5) is -0.218. The molecule has 13 heavy (non-hydrogen) atoms. The zero-order valence-electron chi connectivity index (χ0n) is 6.70. The van der Waals surface area contributed by atoms with Crippen molar-refractivity contribution in [2.45, 2.75) is 11.6 Å². The van der Waals surface area contributed by atoms with Gasteiger partial charge in [0.25, 0.3) is 0 Å². The first kappa shape index (κ1) is 9.94. The first-order valence-electron chi connectivity index (χ1n) is 3.42. The predicted molar refractivity (Wildman–Crippen MR) is 47.0 cm³/mol. The van der Waals surface area contributed by atoms with E-state index in [1.165, 1.54) is 18.2 Å². The van der Waals surface area contributed by atoms with Crippen LogP contribution in [0.4, 0.5) is 10.1 Å². The van der Waals surface area contributed by atoms with Crippen LogP contribution in [0.3, 0.4) is 0 Å². The van der Waals surface area contributed by atoms with Crippen molar-refractivity contribution in [3.8, 4) is 0 Å². The number of nitrogen functional groups attached to an aromatic ring is 1. The highest BCUT2D eigenvalue weighted by atomic mass is 32.2. The molecule has 1 aromatic rings. The molecule has 1 rings (SSSR count). The number of rotatable bonds is 2. The first-order chi connectivity index (χ1) is 5.95. The van der Waals surface area contributed by atoms with Crippen LogP contribution >= 0.6 is 0 Å². The number of anilines is 1. The number of sulfonamides is 1. The van der Waals surface area contributed by atoms with Crippen LogP contribution in [-0.4, -0.2) is 8.42 Å². The summed E-state index contributed by atoms with van der Waals surface area (Å²) in [6.07, 6.45) is 0. The van der Waals surface area contributed by atoms with E-state index in [2.05, 4.69) is 0 Å². The van der Waals surface area contributed by atoms with Gasteiger partial charge in [0.2, 0.25) is 10.0 Å². The van der Waals surface area contributed by atoms with Gasteiger partial charge in [-0.1, -0.05) is 0 Å². The van der Waals surface area contributed by atoms with Crippen LogP contribution in [0.25, 0.3) is 0 Å². The average Bonchev–Trinajstić information content (AvgIpc) is 2.01. The molecule has 0 aliphatic heterocycles. The van der Waals surface area contributed by atoms with E-state index in [9.17, 15) is 12.8 Å². The second kappa shape index (κ2) is 3.31. The number of benzene rings is 1. The van der Waals surface area contributed by atoms with E-state index < -0.39 is 16.7 Å². The average molecular weight is 204 g/mol. The van der Waals surface area contributed by atoms with Gasteiger partial charge in [-0.15, -0.1) is 0 Å². The van der Waals surface area contributed by atoms with Crippen molar-refractivity contribution >= 4 is 15.7 Å². The van der Waals surface area contributed by atoms with Gasteiger partial charge in [0, 0.05) is 11.3 Å². The molecule has 0 heterocycles. The third-order valence-corrected chi connectivity index (χ3v) is 2.55. The van der Waals surface area contributed by atoms with Gasteiger partial charge in [0.1, 0.15) is 6.67 Å². The molecule has 0 fully saturated rings. The van der Waals surface area contributed by atoms with Crippen LogP contribution < -0.4 is 10.9 Å². The zero-order valence-corrected chi connectivity index (χ0v) is 7.51. The summed E-state index contributed by atoms with van der Waals surface area (Å²) in [5.41, 5.74) is 5.64. The molecule has 4 nitrogen and oxygen atoms in total. The normalized spacial score (nSPS) is 11.5. The lowest BCUT2D eigenvalue weighted by molar-refractivity contribution is 0.478. The fourth-order valence-corrected chi connectivity index (χ4v) is 1.72. The Bertz CT molecular complexity index is 417. The summed E-state index contributed by atoms with van der Waals surface area (Å²) in [5.74, 6) is 0. The van der Waals surface area contributed by atoms with Crippen molar-refractivity contribution in [1.29, 1.82) is 0 Å². The monoisotopic (exact) mass is 204 g/mol. The Labute approximate surface area is 75.4 Å². The molecular formula is C7H9FN2O2S. The quantitative estimate of drug-likeness (QED) is 0.683. The lowest BCUT2D eigenvalue weighted by Crippen LogP contribution is -2.14. The Balaban J connectivity index is 3.39. The molecule has 0 aliphatic carbocycles. The molecule has 0 radical (unpaired) electrons. The first-order valence-corrected chi connectivity index (χ1v) is 4.97. The zero-order chi connectivity index (χ0) is 10.1. The Morgan fingerprint density at radius 2 is 2.00 bits per heavy atom. The molecule has 0 aromatic heterocycles. The molecule has 0 bridgehead atoms. The summed E-state index contributed by atoms with van der Waals surface area (Å²) in [6, 6.07) is 3.80. The van der Waals surface area contributed by atoms with Gasteiger partial charge in [0.15, 0.2) is 0 Å². The minimum absolute atomic E-state index is 0.0116. The predicted octanol–water partition coefficient (Wildman–Crippen LogP) is 0.386. The summed E-state index contributed by atoms with van der Waals surface area (Å²) in [7, 11) is -3.86. The molecule has 6 heteroatoms. The van der Waals surface area contributed by atoms with Crippen LogP contribution in [0.2, 0.25) is 0 Å². The Morgan fingerprint density at radius 1 is 1.38 bits per heavy atom. The van der Waals surface area contributed by atoms with Gasteiger partial charge < -0.3 is 5.73 Å². The second-order valence-electron chi connectivity index (χ2n) is 2.55. The smallest absolute Gasteiger partial charge is 0.238 e. The molecule has 0 unspecified atom stereocenters. The van der Waals surface area contributed by atoms with Gasteiger partial charge in [-0.25, -0.2) is 17.9 Å².